The van der Waals surface area contributed by atoms with Crippen molar-refractivity contribution >= 4 is 23.2 Å². The number of pyridine rings is 1. The quantitative estimate of drug-likeness (QED) is 0.708. The summed E-state index contributed by atoms with van der Waals surface area (Å²) in [6, 6.07) is 0. The summed E-state index contributed by atoms with van der Waals surface area (Å²) < 4.78 is 37.2. The fourth-order valence-corrected chi connectivity index (χ4v) is 1.20. The molecule has 1 aromatic heterocycles. The van der Waals surface area contributed by atoms with Gasteiger partial charge in [-0.2, -0.15) is 0 Å². The Hall–Kier alpha value is -0.480. The molecule has 13 heavy (non-hydrogen) atoms. The van der Waals surface area contributed by atoms with Crippen LogP contribution in [0.5, 0.6) is 0 Å². The summed E-state index contributed by atoms with van der Waals surface area (Å²) in [5.74, 6) is -1.08. The van der Waals surface area contributed by atoms with E-state index in [0.717, 1.165) is 6.20 Å². The van der Waals surface area contributed by atoms with Crippen LogP contribution in [0.4, 0.5) is 13.2 Å². The van der Waals surface area contributed by atoms with Gasteiger partial charge in [0.15, 0.2) is 0 Å². The molecule has 0 spiro atoms. The highest BCUT2D eigenvalue weighted by Crippen LogP contribution is 2.28. The van der Waals surface area contributed by atoms with E-state index in [1.807, 2.05) is 0 Å². The van der Waals surface area contributed by atoms with E-state index in [2.05, 4.69) is 4.98 Å². The van der Waals surface area contributed by atoms with E-state index in [4.69, 9.17) is 23.2 Å². The Morgan fingerprint density at radius 2 is 2.08 bits per heavy atom. The molecular weight excluding hydrogens is 226 g/mol. The van der Waals surface area contributed by atoms with Crippen LogP contribution in [0.15, 0.2) is 6.20 Å². The Labute approximate surface area is 82.5 Å². The molecule has 0 aromatic carbocycles. The van der Waals surface area contributed by atoms with Crippen molar-refractivity contribution in [3.8, 4) is 0 Å². The monoisotopic (exact) mass is 229 g/mol. The molecule has 0 bridgehead atoms. The number of halogens is 5. The Balaban J connectivity index is 3.23. The van der Waals surface area contributed by atoms with Crippen molar-refractivity contribution in [3.05, 3.63) is 28.3 Å². The molecule has 0 aliphatic rings. The summed E-state index contributed by atoms with van der Waals surface area (Å²) >= 11 is 10.6. The van der Waals surface area contributed by atoms with Crippen LogP contribution in [-0.4, -0.2) is 4.98 Å². The van der Waals surface area contributed by atoms with E-state index in [-0.39, 0.29) is 11.4 Å². The first-order valence-electron chi connectivity index (χ1n) is 3.24. The number of rotatable bonds is 2. The van der Waals surface area contributed by atoms with Crippen molar-refractivity contribution in [1.29, 1.82) is 0 Å². The van der Waals surface area contributed by atoms with Gasteiger partial charge in [-0.3, -0.25) is 4.98 Å². The summed E-state index contributed by atoms with van der Waals surface area (Å²) in [7, 11) is 0. The van der Waals surface area contributed by atoms with Crippen molar-refractivity contribution < 1.29 is 13.2 Å². The zero-order chi connectivity index (χ0) is 10.0. The molecule has 72 valence electrons. The average Bonchev–Trinajstić information content (AvgIpc) is 2.09. The molecule has 0 atom stereocenters. The molecule has 0 fully saturated rings. The van der Waals surface area contributed by atoms with E-state index in [0.29, 0.717) is 0 Å². The molecule has 0 radical (unpaired) electrons. The van der Waals surface area contributed by atoms with Crippen molar-refractivity contribution in [2.24, 2.45) is 0 Å². The lowest BCUT2D eigenvalue weighted by molar-refractivity contribution is 0.145. The zero-order valence-corrected chi connectivity index (χ0v) is 7.71. The lowest BCUT2D eigenvalue weighted by Gasteiger charge is -2.05. The number of nitrogens with zero attached hydrogens (tertiary/aromatic N) is 1. The molecule has 0 unspecified atom stereocenters. The van der Waals surface area contributed by atoms with Gasteiger partial charge in [0.25, 0.3) is 6.43 Å². The van der Waals surface area contributed by atoms with Gasteiger partial charge >= 0.3 is 0 Å². The molecule has 0 saturated heterocycles. The van der Waals surface area contributed by atoms with Crippen LogP contribution >= 0.6 is 23.2 Å². The lowest BCUT2D eigenvalue weighted by Crippen LogP contribution is -1.98. The van der Waals surface area contributed by atoms with Crippen molar-refractivity contribution in [2.75, 3.05) is 0 Å². The zero-order valence-electron chi connectivity index (χ0n) is 6.20. The summed E-state index contributed by atoms with van der Waals surface area (Å²) in [6.07, 6.45) is -1.93. The van der Waals surface area contributed by atoms with Crippen molar-refractivity contribution in [3.63, 3.8) is 0 Å². The molecule has 0 saturated carbocycles. The third-order valence-electron chi connectivity index (χ3n) is 1.41. The Morgan fingerprint density at radius 1 is 1.46 bits per heavy atom. The van der Waals surface area contributed by atoms with Crippen LogP contribution in [0.25, 0.3) is 0 Å². The van der Waals surface area contributed by atoms with Crippen LogP contribution in [0.3, 0.4) is 0 Å². The van der Waals surface area contributed by atoms with E-state index < -0.39 is 23.0 Å². The van der Waals surface area contributed by atoms with Gasteiger partial charge in [0.2, 0.25) is 0 Å². The number of hydrogen-bond donors (Lipinski definition) is 0. The fourth-order valence-electron chi connectivity index (χ4n) is 0.760. The molecule has 1 nitrogen and oxygen atoms in total. The standard InChI is InChI=1S/C7H4Cl2F3N/c8-1-3-2-13-6(7(11)12)4(9)5(3)10/h2,7H,1H2. The molecule has 0 aliphatic carbocycles. The summed E-state index contributed by atoms with van der Waals surface area (Å²) in [4.78, 5) is 3.30. The van der Waals surface area contributed by atoms with Gasteiger partial charge in [-0.15, -0.1) is 11.6 Å². The molecule has 6 heteroatoms. The largest absolute Gasteiger partial charge is 0.281 e. The highest BCUT2D eigenvalue weighted by atomic mass is 35.5. The highest BCUT2D eigenvalue weighted by molar-refractivity contribution is 6.31. The molecule has 1 rings (SSSR count). The first-order chi connectivity index (χ1) is 6.07. The van der Waals surface area contributed by atoms with Gasteiger partial charge in [-0.1, -0.05) is 11.6 Å². The minimum atomic E-state index is -2.88. The molecular formula is C7H4Cl2F3N. The second-order valence-electron chi connectivity index (χ2n) is 2.23. The van der Waals surface area contributed by atoms with E-state index in [9.17, 15) is 13.2 Å². The minimum absolute atomic E-state index is 0.0102. The van der Waals surface area contributed by atoms with E-state index in [1.54, 1.807) is 0 Å². The van der Waals surface area contributed by atoms with Gasteiger partial charge in [0.1, 0.15) is 16.5 Å². The van der Waals surface area contributed by atoms with Crippen molar-refractivity contribution in [1.82, 2.24) is 4.98 Å². The SMILES string of the molecule is Fc1c(CCl)cnc(C(F)F)c1Cl. The average molecular weight is 230 g/mol. The van der Waals surface area contributed by atoms with Crippen LogP contribution in [0.1, 0.15) is 17.7 Å². The molecule has 1 aromatic rings. The Morgan fingerprint density at radius 3 is 2.54 bits per heavy atom. The summed E-state index contributed by atoms with van der Waals surface area (Å²) in [6.45, 7) is 0. The fraction of sp³-hybridized carbons (Fsp3) is 0.286. The first kappa shape index (κ1) is 10.6. The third-order valence-corrected chi connectivity index (χ3v) is 2.06. The third kappa shape index (κ3) is 2.06. The van der Waals surface area contributed by atoms with Gasteiger partial charge in [0, 0.05) is 11.8 Å². The van der Waals surface area contributed by atoms with E-state index in [1.165, 1.54) is 0 Å². The van der Waals surface area contributed by atoms with Gasteiger partial charge < -0.3 is 0 Å². The smallest absolute Gasteiger partial charge is 0.253 e. The Kier molecular flexibility index (Phi) is 3.39. The van der Waals surface area contributed by atoms with Crippen LogP contribution in [0, 0.1) is 5.82 Å². The summed E-state index contributed by atoms with van der Waals surface area (Å²) in [5.41, 5.74) is -0.746. The molecule has 1 heterocycles. The number of hydrogen-bond acceptors (Lipinski definition) is 1. The van der Waals surface area contributed by atoms with E-state index >= 15 is 0 Å². The van der Waals surface area contributed by atoms with Gasteiger partial charge in [0.05, 0.1) is 5.88 Å². The van der Waals surface area contributed by atoms with Crippen LogP contribution < -0.4 is 0 Å². The predicted molar refractivity (Wildman–Crippen MR) is 43.7 cm³/mol. The maximum absolute atomic E-state index is 13.0. The second-order valence-corrected chi connectivity index (χ2v) is 2.88. The molecule has 0 amide bonds. The van der Waals surface area contributed by atoms with Gasteiger partial charge in [-0.25, -0.2) is 13.2 Å². The molecule has 0 N–H and O–H groups in total. The normalized spacial score (nSPS) is 10.9. The minimum Gasteiger partial charge on any atom is -0.253 e. The van der Waals surface area contributed by atoms with Crippen molar-refractivity contribution in [2.45, 2.75) is 12.3 Å². The maximum Gasteiger partial charge on any atom is 0.281 e. The first-order valence-corrected chi connectivity index (χ1v) is 4.16. The highest BCUT2D eigenvalue weighted by Gasteiger charge is 2.19. The maximum atomic E-state index is 13.0. The topological polar surface area (TPSA) is 12.9 Å². The number of aromatic nitrogens is 1. The van der Waals surface area contributed by atoms with Crippen LogP contribution in [0.2, 0.25) is 5.02 Å². The molecule has 0 aliphatic heterocycles. The second kappa shape index (κ2) is 4.15. The number of alkyl halides is 3. The lowest BCUT2D eigenvalue weighted by atomic mass is 10.2. The van der Waals surface area contributed by atoms with Crippen LogP contribution in [-0.2, 0) is 5.88 Å². The summed E-state index contributed by atoms with van der Waals surface area (Å²) in [5, 5.41) is -0.659. The predicted octanol–water partition coefficient (Wildman–Crippen LogP) is 3.55. The Bertz CT molecular complexity index is 317. The van der Waals surface area contributed by atoms with Gasteiger partial charge in [-0.05, 0) is 0 Å².